The van der Waals surface area contributed by atoms with E-state index in [-0.39, 0.29) is 5.97 Å². The lowest BCUT2D eigenvalue weighted by Gasteiger charge is -2.12. The summed E-state index contributed by atoms with van der Waals surface area (Å²) in [6.07, 6.45) is 4.13. The van der Waals surface area contributed by atoms with Crippen molar-refractivity contribution < 1.29 is 13.9 Å². The smallest absolute Gasteiger partial charge is 0.338 e. The highest BCUT2D eigenvalue weighted by molar-refractivity contribution is 5.90. The first-order valence-corrected chi connectivity index (χ1v) is 7.92. The summed E-state index contributed by atoms with van der Waals surface area (Å²) < 4.78 is 10.7. The van der Waals surface area contributed by atoms with Gasteiger partial charge in [0.05, 0.1) is 24.1 Å². The van der Waals surface area contributed by atoms with Crippen molar-refractivity contribution in [2.45, 2.75) is 19.8 Å². The van der Waals surface area contributed by atoms with Crippen LogP contribution in [0.2, 0.25) is 0 Å². The molecule has 0 amide bonds. The summed E-state index contributed by atoms with van der Waals surface area (Å²) in [4.78, 5) is 18.2. The van der Waals surface area contributed by atoms with Gasteiger partial charge in [0.25, 0.3) is 0 Å². The second kappa shape index (κ2) is 7.13. The predicted octanol–water partition coefficient (Wildman–Crippen LogP) is 3.81. The number of hydrogen-bond donors (Lipinski definition) is 0. The molecule has 5 heteroatoms. The minimum absolute atomic E-state index is 0.315. The van der Waals surface area contributed by atoms with Crippen LogP contribution in [0.1, 0.15) is 35.9 Å². The number of ether oxygens (including phenoxy) is 1. The number of hydrogen-bond acceptors (Lipinski definition) is 5. The van der Waals surface area contributed by atoms with E-state index in [1.54, 1.807) is 37.4 Å². The Hall–Kier alpha value is -2.56. The molecular formula is C18H20N2O3. The largest absolute Gasteiger partial charge is 0.462 e. The highest BCUT2D eigenvalue weighted by Gasteiger charge is 2.15. The van der Waals surface area contributed by atoms with Crippen LogP contribution >= 0.6 is 0 Å². The lowest BCUT2D eigenvalue weighted by atomic mass is 10.2. The molecule has 1 aliphatic rings. The molecule has 1 aliphatic heterocycles. The molecule has 23 heavy (non-hydrogen) atoms. The van der Waals surface area contributed by atoms with Crippen molar-refractivity contribution in [3.63, 3.8) is 0 Å². The van der Waals surface area contributed by atoms with Gasteiger partial charge in [-0.15, -0.1) is 0 Å². The summed E-state index contributed by atoms with van der Waals surface area (Å²) in [6.45, 7) is 4.27. The van der Waals surface area contributed by atoms with Crippen molar-refractivity contribution in [3.8, 4) is 0 Å². The fourth-order valence-corrected chi connectivity index (χ4v) is 2.56. The minimum atomic E-state index is -0.315. The molecule has 1 fully saturated rings. The van der Waals surface area contributed by atoms with Crippen molar-refractivity contribution in [3.05, 3.63) is 47.7 Å². The summed E-state index contributed by atoms with van der Waals surface area (Å²) in [6, 6.07) is 10.9. The van der Waals surface area contributed by atoms with Crippen LogP contribution < -0.4 is 4.90 Å². The molecular weight excluding hydrogens is 292 g/mol. The van der Waals surface area contributed by atoms with E-state index in [0.717, 1.165) is 30.4 Å². The number of esters is 1. The van der Waals surface area contributed by atoms with Gasteiger partial charge in [-0.2, -0.15) is 0 Å². The molecule has 0 aliphatic carbocycles. The molecule has 120 valence electrons. The molecule has 2 aromatic rings. The third kappa shape index (κ3) is 3.80. The van der Waals surface area contributed by atoms with Gasteiger partial charge in [0.1, 0.15) is 5.76 Å². The normalized spacial score (nSPS) is 14.6. The maximum absolute atomic E-state index is 11.6. The highest BCUT2D eigenvalue weighted by atomic mass is 16.5. The zero-order chi connectivity index (χ0) is 16.1. The number of rotatable bonds is 5. The number of furan rings is 1. The first kappa shape index (κ1) is 15.3. The number of carbonyl (C=O) groups is 1. The number of nitrogens with zero attached hydrogens (tertiary/aromatic N) is 2. The van der Waals surface area contributed by atoms with Crippen LogP contribution in [0.5, 0.6) is 0 Å². The lowest BCUT2D eigenvalue weighted by Crippen LogP contribution is -2.16. The summed E-state index contributed by atoms with van der Waals surface area (Å²) in [7, 11) is 0. The van der Waals surface area contributed by atoms with Gasteiger partial charge in [0.2, 0.25) is 0 Å². The van der Waals surface area contributed by atoms with Crippen LogP contribution in [0, 0.1) is 0 Å². The van der Waals surface area contributed by atoms with Crippen molar-refractivity contribution in [2.75, 3.05) is 24.6 Å². The van der Waals surface area contributed by atoms with Gasteiger partial charge in [-0.3, -0.25) is 4.99 Å². The lowest BCUT2D eigenvalue weighted by molar-refractivity contribution is 0.0526. The Balaban J connectivity index is 1.64. The Bertz CT molecular complexity index is 683. The molecule has 1 aromatic heterocycles. The first-order chi connectivity index (χ1) is 11.3. The monoisotopic (exact) mass is 312 g/mol. The molecule has 3 rings (SSSR count). The van der Waals surface area contributed by atoms with E-state index < -0.39 is 0 Å². The summed E-state index contributed by atoms with van der Waals surface area (Å²) in [5.41, 5.74) is 1.29. The van der Waals surface area contributed by atoms with Crippen molar-refractivity contribution >= 4 is 23.8 Å². The Labute approximate surface area is 135 Å². The van der Waals surface area contributed by atoms with Gasteiger partial charge in [-0.25, -0.2) is 4.79 Å². The third-order valence-corrected chi connectivity index (χ3v) is 3.75. The molecule has 0 spiro atoms. The minimum Gasteiger partial charge on any atom is -0.462 e. The molecule has 0 atom stereocenters. The van der Waals surface area contributed by atoms with Gasteiger partial charge >= 0.3 is 5.97 Å². The fourth-order valence-electron chi connectivity index (χ4n) is 2.56. The maximum Gasteiger partial charge on any atom is 0.338 e. The molecule has 1 aromatic carbocycles. The van der Waals surface area contributed by atoms with E-state index in [0.29, 0.717) is 12.2 Å². The quantitative estimate of drug-likeness (QED) is 0.622. The van der Waals surface area contributed by atoms with Crippen LogP contribution in [0.15, 0.2) is 45.8 Å². The summed E-state index contributed by atoms with van der Waals surface area (Å²) >= 11 is 0. The molecule has 2 heterocycles. The van der Waals surface area contributed by atoms with Crippen LogP contribution in [0.25, 0.3) is 0 Å². The second-order valence-corrected chi connectivity index (χ2v) is 5.40. The van der Waals surface area contributed by atoms with Crippen LogP contribution in [-0.4, -0.2) is 31.9 Å². The third-order valence-electron chi connectivity index (χ3n) is 3.75. The van der Waals surface area contributed by atoms with Crippen molar-refractivity contribution in [2.24, 2.45) is 4.99 Å². The van der Waals surface area contributed by atoms with Crippen LogP contribution in [0.3, 0.4) is 0 Å². The van der Waals surface area contributed by atoms with Crippen molar-refractivity contribution in [1.29, 1.82) is 0 Å². The van der Waals surface area contributed by atoms with E-state index in [1.807, 2.05) is 12.1 Å². The first-order valence-electron chi connectivity index (χ1n) is 7.92. The summed E-state index contributed by atoms with van der Waals surface area (Å²) in [5.74, 6) is 1.31. The standard InChI is InChI=1S/C18H20N2O3/c1-2-22-18(21)14-5-7-15(8-6-14)19-13-16-9-10-17(23-16)20-11-3-4-12-20/h5-10,13H,2-4,11-12H2,1H3. The van der Waals surface area contributed by atoms with E-state index in [9.17, 15) is 4.79 Å². The Morgan fingerprint density at radius 1 is 1.22 bits per heavy atom. The number of benzene rings is 1. The fraction of sp³-hybridized carbons (Fsp3) is 0.333. The topological polar surface area (TPSA) is 55.0 Å². The van der Waals surface area contributed by atoms with E-state index >= 15 is 0 Å². The number of aliphatic imine (C=N–C) groups is 1. The van der Waals surface area contributed by atoms with Crippen molar-refractivity contribution in [1.82, 2.24) is 0 Å². The number of carbonyl (C=O) groups excluding carboxylic acids is 1. The second-order valence-electron chi connectivity index (χ2n) is 5.40. The Kier molecular flexibility index (Phi) is 4.76. The molecule has 1 saturated heterocycles. The van der Waals surface area contributed by atoms with Gasteiger partial charge in [0.15, 0.2) is 5.88 Å². The van der Waals surface area contributed by atoms with Gasteiger partial charge < -0.3 is 14.1 Å². The molecule has 0 bridgehead atoms. The zero-order valence-electron chi connectivity index (χ0n) is 13.2. The van der Waals surface area contributed by atoms with E-state index in [4.69, 9.17) is 9.15 Å². The molecule has 0 N–H and O–H groups in total. The predicted molar refractivity (Wildman–Crippen MR) is 89.8 cm³/mol. The Morgan fingerprint density at radius 2 is 1.96 bits per heavy atom. The van der Waals surface area contributed by atoms with E-state index in [1.165, 1.54) is 12.8 Å². The van der Waals surface area contributed by atoms with Crippen LogP contribution in [-0.2, 0) is 4.74 Å². The zero-order valence-corrected chi connectivity index (χ0v) is 13.2. The highest BCUT2D eigenvalue weighted by Crippen LogP contribution is 2.22. The molecule has 0 radical (unpaired) electrons. The van der Waals surface area contributed by atoms with Gasteiger partial charge in [0, 0.05) is 19.2 Å². The van der Waals surface area contributed by atoms with Gasteiger partial charge in [-0.05, 0) is 50.1 Å². The molecule has 5 nitrogen and oxygen atoms in total. The SMILES string of the molecule is CCOC(=O)c1ccc(N=Cc2ccc(N3CCCC3)o2)cc1. The average Bonchev–Trinajstić information content (AvgIpc) is 3.25. The molecule has 0 saturated carbocycles. The number of anilines is 1. The van der Waals surface area contributed by atoms with Gasteiger partial charge in [-0.1, -0.05) is 0 Å². The van der Waals surface area contributed by atoms with E-state index in [2.05, 4.69) is 9.89 Å². The maximum atomic E-state index is 11.6. The van der Waals surface area contributed by atoms with Crippen LogP contribution in [0.4, 0.5) is 11.6 Å². The Morgan fingerprint density at radius 3 is 2.65 bits per heavy atom. The summed E-state index contributed by atoms with van der Waals surface area (Å²) in [5, 5.41) is 0. The average molecular weight is 312 g/mol. The molecule has 0 unspecified atom stereocenters.